The van der Waals surface area contributed by atoms with Gasteiger partial charge in [0, 0.05) is 43.9 Å². The molecule has 0 radical (unpaired) electrons. The van der Waals surface area contributed by atoms with Gasteiger partial charge in [0.25, 0.3) is 0 Å². The molecule has 5 heteroatoms. The van der Waals surface area contributed by atoms with E-state index in [4.69, 9.17) is 15.0 Å². The van der Waals surface area contributed by atoms with Crippen LogP contribution in [0.25, 0.3) is 100 Å². The van der Waals surface area contributed by atoms with E-state index in [1.807, 2.05) is 60.7 Å². The van der Waals surface area contributed by atoms with E-state index in [0.717, 1.165) is 50.2 Å². The van der Waals surface area contributed by atoms with E-state index in [2.05, 4.69) is 149 Å². The molecule has 262 valence electrons. The van der Waals surface area contributed by atoms with Crippen LogP contribution < -0.4 is 0 Å². The van der Waals surface area contributed by atoms with E-state index >= 15 is 0 Å². The first-order valence-corrected chi connectivity index (χ1v) is 18.9. The van der Waals surface area contributed by atoms with Crippen molar-refractivity contribution >= 4 is 43.6 Å². The summed E-state index contributed by atoms with van der Waals surface area (Å²) in [6, 6.07) is 70.4. The van der Waals surface area contributed by atoms with Crippen LogP contribution in [0.2, 0.25) is 0 Å². The van der Waals surface area contributed by atoms with Crippen LogP contribution in [0.5, 0.6) is 0 Å². The van der Waals surface area contributed by atoms with Gasteiger partial charge in [0.15, 0.2) is 17.5 Å². The van der Waals surface area contributed by atoms with Crippen molar-refractivity contribution in [3.63, 3.8) is 0 Å². The van der Waals surface area contributed by atoms with E-state index in [9.17, 15) is 0 Å². The molecule has 8 aromatic carbocycles. The van der Waals surface area contributed by atoms with E-state index in [0.29, 0.717) is 17.5 Å². The maximum absolute atomic E-state index is 5.14. The lowest BCUT2D eigenvalue weighted by Gasteiger charge is -2.15. The summed E-state index contributed by atoms with van der Waals surface area (Å²) in [5, 5.41) is 4.84. The van der Waals surface area contributed by atoms with Gasteiger partial charge in [-0.1, -0.05) is 146 Å². The van der Waals surface area contributed by atoms with Gasteiger partial charge in [0.1, 0.15) is 0 Å². The van der Waals surface area contributed by atoms with Gasteiger partial charge in [-0.05, 0) is 65.7 Å². The second-order valence-electron chi connectivity index (χ2n) is 14.1. The Balaban J connectivity index is 1.12. The van der Waals surface area contributed by atoms with Crippen LogP contribution in [-0.4, -0.2) is 24.1 Å². The molecule has 11 aromatic rings. The predicted molar refractivity (Wildman–Crippen MR) is 230 cm³/mol. The number of fused-ring (bicyclic) bond motifs is 6. The molecule has 0 bridgehead atoms. The highest BCUT2D eigenvalue weighted by atomic mass is 15.1. The van der Waals surface area contributed by atoms with Crippen molar-refractivity contribution in [3.8, 4) is 56.7 Å². The Morgan fingerprint density at radius 2 is 0.768 bits per heavy atom. The highest BCUT2D eigenvalue weighted by Crippen LogP contribution is 2.40. The average Bonchev–Trinajstić information content (AvgIpc) is 3.79. The summed E-state index contributed by atoms with van der Waals surface area (Å²) in [6.45, 7) is 0. The van der Waals surface area contributed by atoms with Crippen LogP contribution in [-0.2, 0) is 0 Å². The molecule has 0 unspecified atom stereocenters. The van der Waals surface area contributed by atoms with Gasteiger partial charge in [-0.15, -0.1) is 0 Å². The number of rotatable bonds is 6. The fraction of sp³-hybridized carbons (Fsp3) is 0. The number of hydrogen-bond acceptors (Lipinski definition) is 3. The largest absolute Gasteiger partial charge is 0.309 e. The van der Waals surface area contributed by atoms with Crippen LogP contribution in [0.3, 0.4) is 0 Å². The third-order valence-electron chi connectivity index (χ3n) is 10.8. The molecule has 0 atom stereocenters. The first-order chi connectivity index (χ1) is 27.8. The molecule has 0 spiro atoms. The lowest BCUT2D eigenvalue weighted by atomic mass is 10.0. The number of benzene rings is 8. The van der Waals surface area contributed by atoms with E-state index < -0.39 is 0 Å². The van der Waals surface area contributed by atoms with Gasteiger partial charge in [-0.3, -0.25) is 0 Å². The second-order valence-corrected chi connectivity index (χ2v) is 14.1. The Labute approximate surface area is 323 Å². The van der Waals surface area contributed by atoms with Crippen molar-refractivity contribution < 1.29 is 0 Å². The molecular weight excluding hydrogens is 683 g/mol. The first kappa shape index (κ1) is 31.9. The third-order valence-corrected chi connectivity index (χ3v) is 10.8. The molecule has 0 amide bonds. The fourth-order valence-electron chi connectivity index (χ4n) is 8.20. The maximum atomic E-state index is 5.14. The van der Waals surface area contributed by atoms with Crippen LogP contribution in [0, 0.1) is 0 Å². The Hall–Kier alpha value is -7.63. The molecule has 0 fully saturated rings. The fourth-order valence-corrected chi connectivity index (χ4v) is 8.20. The Bertz CT molecular complexity index is 3180. The minimum atomic E-state index is 0.621. The van der Waals surface area contributed by atoms with Gasteiger partial charge in [-0.2, -0.15) is 0 Å². The van der Waals surface area contributed by atoms with Crippen molar-refractivity contribution in [2.75, 3.05) is 0 Å². The summed E-state index contributed by atoms with van der Waals surface area (Å²) in [5.74, 6) is 1.89. The van der Waals surface area contributed by atoms with Gasteiger partial charge in [0.2, 0.25) is 0 Å². The van der Waals surface area contributed by atoms with Crippen molar-refractivity contribution in [2.24, 2.45) is 0 Å². The highest BCUT2D eigenvalue weighted by Gasteiger charge is 2.20. The van der Waals surface area contributed by atoms with Gasteiger partial charge in [0.05, 0.1) is 27.8 Å². The van der Waals surface area contributed by atoms with Crippen molar-refractivity contribution in [2.45, 2.75) is 0 Å². The van der Waals surface area contributed by atoms with Crippen molar-refractivity contribution in [3.05, 3.63) is 200 Å². The quantitative estimate of drug-likeness (QED) is 0.172. The molecule has 0 N–H and O–H groups in total. The van der Waals surface area contributed by atoms with Gasteiger partial charge < -0.3 is 9.13 Å². The molecule has 56 heavy (non-hydrogen) atoms. The molecule has 3 aromatic heterocycles. The Morgan fingerprint density at radius 1 is 0.286 bits per heavy atom. The van der Waals surface area contributed by atoms with Crippen LogP contribution in [0.1, 0.15) is 0 Å². The summed E-state index contributed by atoms with van der Waals surface area (Å²) in [5.41, 5.74) is 11.9. The lowest BCUT2D eigenvalue weighted by molar-refractivity contribution is 1.06. The minimum absolute atomic E-state index is 0.621. The summed E-state index contributed by atoms with van der Waals surface area (Å²) in [4.78, 5) is 15.2. The number of nitrogens with zero attached hydrogens (tertiary/aromatic N) is 5. The molecule has 3 heterocycles. The minimum Gasteiger partial charge on any atom is -0.309 e. The van der Waals surface area contributed by atoms with Gasteiger partial charge >= 0.3 is 0 Å². The zero-order chi connectivity index (χ0) is 37.0. The molecule has 0 aliphatic rings. The zero-order valence-corrected chi connectivity index (χ0v) is 30.3. The maximum Gasteiger partial charge on any atom is 0.166 e. The summed E-state index contributed by atoms with van der Waals surface area (Å²) in [7, 11) is 0. The molecule has 0 saturated heterocycles. The molecule has 0 aliphatic heterocycles. The normalized spacial score (nSPS) is 11.6. The smallest absolute Gasteiger partial charge is 0.166 e. The van der Waals surface area contributed by atoms with Gasteiger partial charge in [-0.25, -0.2) is 15.0 Å². The molecule has 11 rings (SSSR count). The van der Waals surface area contributed by atoms with Crippen LogP contribution >= 0.6 is 0 Å². The first-order valence-electron chi connectivity index (χ1n) is 18.9. The van der Waals surface area contributed by atoms with E-state index in [-0.39, 0.29) is 0 Å². The van der Waals surface area contributed by atoms with Crippen molar-refractivity contribution in [1.82, 2.24) is 24.1 Å². The lowest BCUT2D eigenvalue weighted by Crippen LogP contribution is -2.03. The second kappa shape index (κ2) is 13.0. The third kappa shape index (κ3) is 5.21. The topological polar surface area (TPSA) is 48.5 Å². The molecular formula is C51H33N5. The summed E-state index contributed by atoms with van der Waals surface area (Å²) in [6.07, 6.45) is 0. The predicted octanol–water partition coefficient (Wildman–Crippen LogP) is 12.7. The molecule has 0 saturated carbocycles. The molecule has 5 nitrogen and oxygen atoms in total. The number of hydrogen-bond donors (Lipinski definition) is 0. The zero-order valence-electron chi connectivity index (χ0n) is 30.3. The SMILES string of the molecule is c1ccc(-c2nc(-c3ccccc3)nc(-c3ccccc3-n3c4ccccc4c4ccc(-c5ccc6c(c5)c5ccccc5n6-c5ccccc5)cc43)n2)cc1. The highest BCUT2D eigenvalue weighted by molar-refractivity contribution is 6.12. The van der Waals surface area contributed by atoms with E-state index in [1.54, 1.807) is 0 Å². The van der Waals surface area contributed by atoms with Crippen LogP contribution in [0.4, 0.5) is 0 Å². The summed E-state index contributed by atoms with van der Waals surface area (Å²) < 4.78 is 4.73. The molecule has 0 aliphatic carbocycles. The Morgan fingerprint density at radius 3 is 1.46 bits per heavy atom. The Kier molecular flexibility index (Phi) is 7.42. The van der Waals surface area contributed by atoms with Crippen LogP contribution in [0.15, 0.2) is 200 Å². The van der Waals surface area contributed by atoms with E-state index in [1.165, 1.54) is 32.6 Å². The average molecular weight is 716 g/mol. The van der Waals surface area contributed by atoms with Crippen molar-refractivity contribution in [1.29, 1.82) is 0 Å². The standard InChI is InChI=1S/C51H33N5/c1-4-16-34(17-5-1)49-52-50(35-18-6-2-7-19-35)54-51(53-49)42-24-12-15-27-46(42)56-45-26-14-10-22-39(45)41-30-28-37(33-48(41)56)36-29-31-47-43(32-36)40-23-11-13-25-44(40)55(47)38-20-8-3-9-21-38/h1-33H. The number of para-hydroxylation sites is 4. The summed E-state index contributed by atoms with van der Waals surface area (Å²) >= 11 is 0. The monoisotopic (exact) mass is 715 g/mol. The number of aromatic nitrogens is 5.